The zero-order valence-corrected chi connectivity index (χ0v) is 14.5. The molecule has 0 saturated heterocycles. The van der Waals surface area contributed by atoms with Gasteiger partial charge in [0.2, 0.25) is 0 Å². The van der Waals surface area contributed by atoms with Gasteiger partial charge in [-0.05, 0) is 0 Å². The van der Waals surface area contributed by atoms with Crippen LogP contribution in [-0.4, -0.2) is 20.3 Å². The topological polar surface area (TPSA) is 18.5 Å². The molecule has 0 atom stereocenters. The van der Waals surface area contributed by atoms with Crippen LogP contribution in [0.15, 0.2) is 36.4 Å². The van der Waals surface area contributed by atoms with Gasteiger partial charge in [-0.25, -0.2) is 8.78 Å². The minimum atomic E-state index is -3.92. The summed E-state index contributed by atoms with van der Waals surface area (Å²) in [5, 5.41) is 0. The summed E-state index contributed by atoms with van der Waals surface area (Å²) in [5.74, 6) is 0. The molecule has 1 aromatic carbocycles. The summed E-state index contributed by atoms with van der Waals surface area (Å²) >= 11 is 0. The predicted octanol–water partition coefficient (Wildman–Crippen LogP) is 4.43. The summed E-state index contributed by atoms with van der Waals surface area (Å²) < 4.78 is 42.3. The second-order valence-corrected chi connectivity index (χ2v) is 3.06. The van der Waals surface area contributed by atoms with Gasteiger partial charge in [-0.15, -0.1) is 0 Å². The molecule has 1 aromatic rings. The van der Waals surface area contributed by atoms with E-state index in [0.29, 0.717) is 7.11 Å². The number of alkyl halides is 2. The van der Waals surface area contributed by atoms with Gasteiger partial charge < -0.3 is 13.9 Å². The first-order chi connectivity index (χ1) is 8.46. The molecule has 0 aliphatic carbocycles. The summed E-state index contributed by atoms with van der Waals surface area (Å²) in [5.41, 5.74) is 0. The molecule has 0 fully saturated rings. The molecule has 0 saturated carbocycles. The van der Waals surface area contributed by atoms with Crippen molar-refractivity contribution in [2.45, 2.75) is 26.4 Å². The number of hydrogen-bond donors (Lipinski definition) is 0. The quantitative estimate of drug-likeness (QED) is 0.748. The van der Waals surface area contributed by atoms with Gasteiger partial charge in [-0.3, -0.25) is 0 Å². The SMILES string of the molecule is CCC.CO[C-](F)C(F)(F)OC.[Y].c1ccccc1. The van der Waals surface area contributed by atoms with Crippen LogP contribution in [0, 0.1) is 6.36 Å². The van der Waals surface area contributed by atoms with Crippen LogP contribution in [-0.2, 0) is 42.2 Å². The number of ether oxygens (including phenoxy) is 2. The zero-order valence-electron chi connectivity index (χ0n) is 11.7. The van der Waals surface area contributed by atoms with Crippen LogP contribution in [0.25, 0.3) is 0 Å². The molecule has 0 aliphatic heterocycles. The van der Waals surface area contributed by atoms with Crippen molar-refractivity contribution >= 4 is 0 Å². The van der Waals surface area contributed by atoms with Crippen LogP contribution in [0.5, 0.6) is 0 Å². The predicted molar refractivity (Wildman–Crippen MR) is 65.7 cm³/mol. The van der Waals surface area contributed by atoms with Gasteiger partial charge in [0.05, 0.1) is 6.36 Å². The molecule has 1 rings (SSSR count). The fourth-order valence-corrected chi connectivity index (χ4v) is 0.584. The van der Waals surface area contributed by atoms with Gasteiger partial charge in [0.25, 0.3) is 6.11 Å². The molecule has 0 amide bonds. The maximum absolute atomic E-state index is 11.8. The van der Waals surface area contributed by atoms with Crippen LogP contribution in [0.3, 0.4) is 0 Å². The Morgan fingerprint density at radius 1 is 0.947 bits per heavy atom. The molecule has 6 heteroatoms. The molecule has 0 spiro atoms. The van der Waals surface area contributed by atoms with Gasteiger partial charge >= 0.3 is 0 Å². The average molecular weight is 354 g/mol. The molecular weight excluding hydrogens is 334 g/mol. The van der Waals surface area contributed by atoms with Crippen molar-refractivity contribution in [2.24, 2.45) is 0 Å². The van der Waals surface area contributed by atoms with Crippen LogP contribution in [0.4, 0.5) is 13.2 Å². The van der Waals surface area contributed by atoms with Crippen molar-refractivity contribution in [1.82, 2.24) is 0 Å². The van der Waals surface area contributed by atoms with Crippen molar-refractivity contribution in [3.8, 4) is 0 Å². The third kappa shape index (κ3) is 16.0. The van der Waals surface area contributed by atoms with E-state index in [-0.39, 0.29) is 32.7 Å². The van der Waals surface area contributed by atoms with Gasteiger partial charge in [0.15, 0.2) is 0 Å². The van der Waals surface area contributed by atoms with Crippen LogP contribution in [0.1, 0.15) is 20.3 Å². The molecule has 0 aliphatic rings. The standard InChI is InChI=1S/C6H6.C4H6F3O2.C3H8.Y/c1-2-4-6-5-3-1;1-8-3(5)4(6,7)9-2;1-3-2;/h1-6H;1-2H3;3H2,1-2H3;/q;-1;;. The Hall–Kier alpha value is 0.0339. The van der Waals surface area contributed by atoms with E-state index in [4.69, 9.17) is 0 Å². The molecule has 0 unspecified atom stereocenters. The number of hydrogen-bond acceptors (Lipinski definition) is 2. The van der Waals surface area contributed by atoms with Gasteiger partial charge in [0, 0.05) is 46.9 Å². The van der Waals surface area contributed by atoms with Gasteiger partial charge in [-0.2, -0.15) is 0 Å². The Morgan fingerprint density at radius 3 is 1.32 bits per heavy atom. The minimum Gasteiger partial charge on any atom is -0.512 e. The van der Waals surface area contributed by atoms with E-state index >= 15 is 0 Å². The van der Waals surface area contributed by atoms with E-state index in [1.807, 2.05) is 36.4 Å². The first-order valence-electron chi connectivity index (χ1n) is 5.46. The average Bonchev–Trinajstić information content (AvgIpc) is 2.41. The fourth-order valence-electron chi connectivity index (χ4n) is 0.584. The van der Waals surface area contributed by atoms with Crippen molar-refractivity contribution in [1.29, 1.82) is 0 Å². The summed E-state index contributed by atoms with van der Waals surface area (Å²) in [6.45, 7) is 4.25. The Morgan fingerprint density at radius 2 is 1.21 bits per heavy atom. The molecular formula is C13H20F3O2Y-. The summed E-state index contributed by atoms with van der Waals surface area (Å²) in [4.78, 5) is 0. The molecule has 2 nitrogen and oxygen atoms in total. The molecule has 0 heterocycles. The summed E-state index contributed by atoms with van der Waals surface area (Å²) in [6.07, 6.45) is -4.61. The molecule has 0 N–H and O–H groups in total. The molecule has 0 bridgehead atoms. The van der Waals surface area contributed by atoms with Gasteiger partial charge in [0.1, 0.15) is 0 Å². The second kappa shape index (κ2) is 16.1. The Kier molecular flexibility index (Phi) is 20.4. The van der Waals surface area contributed by atoms with E-state index in [9.17, 15) is 13.2 Å². The van der Waals surface area contributed by atoms with Crippen molar-refractivity contribution in [3.05, 3.63) is 42.8 Å². The number of rotatable bonds is 3. The maximum Gasteiger partial charge on any atom is 0.284 e. The Bertz CT molecular complexity index is 235. The third-order valence-corrected chi connectivity index (χ3v) is 1.33. The van der Waals surface area contributed by atoms with Crippen LogP contribution >= 0.6 is 0 Å². The van der Waals surface area contributed by atoms with Crippen molar-refractivity contribution in [3.63, 3.8) is 0 Å². The first kappa shape index (κ1) is 24.1. The molecule has 1 radical (unpaired) electrons. The van der Waals surface area contributed by atoms with E-state index < -0.39 is 12.5 Å². The smallest absolute Gasteiger partial charge is 0.284 e. The zero-order chi connectivity index (χ0) is 14.4. The minimum absolute atomic E-state index is 0. The van der Waals surface area contributed by atoms with Gasteiger partial charge in [-0.1, -0.05) is 56.7 Å². The van der Waals surface area contributed by atoms with E-state index in [2.05, 4.69) is 23.3 Å². The largest absolute Gasteiger partial charge is 0.512 e. The van der Waals surface area contributed by atoms with E-state index in [0.717, 1.165) is 7.11 Å². The van der Waals surface area contributed by atoms with E-state index in [1.165, 1.54) is 6.42 Å². The fraction of sp³-hybridized carbons (Fsp3) is 0.462. The second-order valence-electron chi connectivity index (χ2n) is 3.06. The van der Waals surface area contributed by atoms with Crippen molar-refractivity contribution < 1.29 is 55.4 Å². The molecule has 0 aromatic heterocycles. The normalized spacial score (nSPS) is 9.47. The maximum atomic E-state index is 11.8. The number of halogens is 3. The Balaban J connectivity index is -0.000000222. The molecule has 19 heavy (non-hydrogen) atoms. The monoisotopic (exact) mass is 354 g/mol. The van der Waals surface area contributed by atoms with Crippen molar-refractivity contribution in [2.75, 3.05) is 14.2 Å². The summed E-state index contributed by atoms with van der Waals surface area (Å²) in [7, 11) is 1.47. The molecule has 109 valence electrons. The summed E-state index contributed by atoms with van der Waals surface area (Å²) in [6, 6.07) is 12.0. The van der Waals surface area contributed by atoms with Crippen LogP contribution in [0.2, 0.25) is 0 Å². The number of methoxy groups -OCH3 is 2. The van der Waals surface area contributed by atoms with E-state index in [1.54, 1.807) is 0 Å². The number of benzene rings is 1. The first-order valence-corrected chi connectivity index (χ1v) is 5.46. The third-order valence-electron chi connectivity index (χ3n) is 1.33. The van der Waals surface area contributed by atoms with Crippen LogP contribution < -0.4 is 0 Å². The Labute approximate surface area is 138 Å².